The number of carbonyl (C=O) groups is 1. The highest BCUT2D eigenvalue weighted by molar-refractivity contribution is 7.89. The van der Waals surface area contributed by atoms with Crippen molar-refractivity contribution in [1.82, 2.24) is 14.6 Å². The number of nitriles is 1. The number of carbonyl (C=O) groups excluding carboxylic acids is 1. The fourth-order valence-electron chi connectivity index (χ4n) is 3.97. The van der Waals surface area contributed by atoms with E-state index in [0.717, 1.165) is 5.56 Å². The summed E-state index contributed by atoms with van der Waals surface area (Å²) in [7, 11) is -3.94. The number of sulfonamides is 1. The summed E-state index contributed by atoms with van der Waals surface area (Å²) in [5.41, 5.74) is 1.33. The number of hydrogen-bond donors (Lipinski definition) is 2. The zero-order valence-corrected chi connectivity index (χ0v) is 18.3. The lowest BCUT2D eigenvalue weighted by Crippen LogP contribution is -2.56. The number of nitrogens with zero attached hydrogens (tertiary/aromatic N) is 2. The molecule has 0 unspecified atom stereocenters. The quantitative estimate of drug-likeness (QED) is 0.746. The second-order valence-corrected chi connectivity index (χ2v) is 10.2. The molecule has 1 amide bonds. The van der Waals surface area contributed by atoms with Crippen LogP contribution in [0, 0.1) is 36.4 Å². The Morgan fingerprint density at radius 3 is 2.74 bits per heavy atom. The molecule has 0 saturated carbocycles. The van der Waals surface area contributed by atoms with Gasteiger partial charge < -0.3 is 14.6 Å². The molecule has 164 valence electrons. The van der Waals surface area contributed by atoms with Crippen molar-refractivity contribution in [2.45, 2.75) is 38.3 Å². The maximum absolute atomic E-state index is 13.7. The molecule has 0 spiro atoms. The van der Waals surface area contributed by atoms with Gasteiger partial charge in [-0.05, 0) is 50.5 Å². The molecule has 1 fully saturated rings. The molecule has 0 bridgehead atoms. The van der Waals surface area contributed by atoms with Crippen molar-refractivity contribution >= 4 is 15.9 Å². The standard InChI is InChI=1S/C21H23FN4O4S/c1-12-4-14-5-15(8-30-18(14)7-17(12)22)25-31(28,29)19-6-16(13(2)24-19)20(27)26-10-21(3,9-23)11-26/h4,6-7,15,24-25H,5,8,10-11H2,1-3H3/t15-/m0/s1. The molecule has 2 N–H and O–H groups in total. The number of aromatic nitrogens is 1. The molecule has 8 nitrogen and oxygen atoms in total. The minimum absolute atomic E-state index is 0.0702. The lowest BCUT2D eigenvalue weighted by atomic mass is 9.83. The molecule has 3 heterocycles. The number of benzene rings is 1. The second kappa shape index (κ2) is 7.35. The zero-order valence-electron chi connectivity index (χ0n) is 17.5. The van der Waals surface area contributed by atoms with Gasteiger partial charge in [-0.15, -0.1) is 0 Å². The predicted octanol–water partition coefficient (Wildman–Crippen LogP) is 2.04. The van der Waals surface area contributed by atoms with E-state index in [0.29, 0.717) is 36.5 Å². The first-order valence-corrected chi connectivity index (χ1v) is 11.3. The van der Waals surface area contributed by atoms with Gasteiger partial charge in [-0.3, -0.25) is 4.79 Å². The maximum atomic E-state index is 13.7. The summed E-state index contributed by atoms with van der Waals surface area (Å²) < 4.78 is 47.6. The van der Waals surface area contributed by atoms with Crippen LogP contribution in [0.2, 0.25) is 0 Å². The molecule has 1 atom stereocenters. The molecule has 10 heteroatoms. The lowest BCUT2D eigenvalue weighted by Gasteiger charge is -2.43. The topological polar surface area (TPSA) is 115 Å². The fraction of sp³-hybridized carbons (Fsp3) is 0.429. The molecule has 2 aliphatic rings. The predicted molar refractivity (Wildman–Crippen MR) is 110 cm³/mol. The van der Waals surface area contributed by atoms with Gasteiger partial charge >= 0.3 is 0 Å². The molecule has 31 heavy (non-hydrogen) atoms. The number of H-pyrrole nitrogens is 1. The van der Waals surface area contributed by atoms with E-state index < -0.39 is 21.5 Å². The molecule has 2 aromatic rings. The summed E-state index contributed by atoms with van der Waals surface area (Å²) in [5, 5.41) is 9.00. The Kier molecular flexibility index (Phi) is 5.06. The number of fused-ring (bicyclic) bond motifs is 1. The normalized spacial score (nSPS) is 19.7. The van der Waals surface area contributed by atoms with Crippen molar-refractivity contribution in [2.24, 2.45) is 5.41 Å². The third-order valence-electron chi connectivity index (χ3n) is 5.72. The molecule has 1 aromatic heterocycles. The monoisotopic (exact) mass is 446 g/mol. The Hall–Kier alpha value is -2.90. The van der Waals surface area contributed by atoms with Crippen molar-refractivity contribution in [3.8, 4) is 11.8 Å². The van der Waals surface area contributed by atoms with E-state index in [-0.39, 0.29) is 28.9 Å². The number of likely N-dealkylation sites (tertiary alicyclic amines) is 1. The highest BCUT2D eigenvalue weighted by Gasteiger charge is 2.42. The van der Waals surface area contributed by atoms with Crippen LogP contribution in [0.1, 0.15) is 34.1 Å². The molecular formula is C21H23FN4O4S. The van der Waals surface area contributed by atoms with Crippen molar-refractivity contribution in [2.75, 3.05) is 19.7 Å². The van der Waals surface area contributed by atoms with E-state index in [9.17, 15) is 17.6 Å². The second-order valence-electron chi connectivity index (χ2n) is 8.55. The van der Waals surface area contributed by atoms with Gasteiger partial charge in [0.25, 0.3) is 15.9 Å². The van der Waals surface area contributed by atoms with Crippen LogP contribution in [0.3, 0.4) is 0 Å². The summed E-state index contributed by atoms with van der Waals surface area (Å²) in [5.74, 6) is -0.259. The Bertz CT molecular complexity index is 1210. The number of aryl methyl sites for hydroxylation is 2. The minimum Gasteiger partial charge on any atom is -0.492 e. The Morgan fingerprint density at radius 2 is 2.06 bits per heavy atom. The first-order chi connectivity index (χ1) is 14.5. The fourth-order valence-corrected chi connectivity index (χ4v) is 5.24. The lowest BCUT2D eigenvalue weighted by molar-refractivity contribution is 0.0368. The van der Waals surface area contributed by atoms with Crippen molar-refractivity contribution in [3.63, 3.8) is 0 Å². The van der Waals surface area contributed by atoms with E-state index in [1.807, 2.05) is 0 Å². The van der Waals surface area contributed by atoms with Gasteiger partial charge in [0, 0.05) is 24.8 Å². The maximum Gasteiger partial charge on any atom is 0.256 e. The van der Waals surface area contributed by atoms with Crippen LogP contribution in [-0.4, -0.2) is 49.9 Å². The SMILES string of the molecule is Cc1cc2c(cc1F)OC[C@@H](NS(=O)(=O)c1cc(C(=O)N3CC(C)(C#N)C3)c(C)[nH]1)C2. The van der Waals surface area contributed by atoms with Crippen molar-refractivity contribution in [1.29, 1.82) is 5.26 Å². The number of ether oxygens (including phenoxy) is 1. The number of nitrogens with one attached hydrogen (secondary N) is 2. The minimum atomic E-state index is -3.94. The smallest absolute Gasteiger partial charge is 0.256 e. The number of rotatable bonds is 4. The molecule has 1 aromatic carbocycles. The zero-order chi connectivity index (χ0) is 22.6. The number of halogens is 1. The van der Waals surface area contributed by atoms with E-state index in [1.54, 1.807) is 26.8 Å². The third kappa shape index (κ3) is 3.91. The highest BCUT2D eigenvalue weighted by atomic mass is 32.2. The van der Waals surface area contributed by atoms with Gasteiger partial charge in [-0.1, -0.05) is 0 Å². The van der Waals surface area contributed by atoms with Crippen molar-refractivity contribution < 1.29 is 22.3 Å². The average Bonchev–Trinajstić information content (AvgIpc) is 3.08. The first kappa shape index (κ1) is 21.3. The summed E-state index contributed by atoms with van der Waals surface area (Å²) in [6.07, 6.45) is 0.363. The van der Waals surface area contributed by atoms with Gasteiger partial charge in [-0.2, -0.15) is 5.26 Å². The summed E-state index contributed by atoms with van der Waals surface area (Å²) in [4.78, 5) is 17.0. The van der Waals surface area contributed by atoms with E-state index in [4.69, 9.17) is 10.00 Å². The average molecular weight is 447 g/mol. The van der Waals surface area contributed by atoms with Crippen LogP contribution in [0.5, 0.6) is 5.75 Å². The summed E-state index contributed by atoms with van der Waals surface area (Å²) in [6.45, 7) is 5.74. The van der Waals surface area contributed by atoms with Gasteiger partial charge in [0.05, 0.1) is 23.1 Å². The third-order valence-corrected chi connectivity index (χ3v) is 7.16. The first-order valence-electron chi connectivity index (χ1n) is 9.86. The number of amides is 1. The Morgan fingerprint density at radius 1 is 1.35 bits per heavy atom. The van der Waals surface area contributed by atoms with E-state index in [1.165, 1.54) is 17.0 Å². The number of hydrogen-bond acceptors (Lipinski definition) is 5. The Balaban J connectivity index is 1.49. The molecule has 2 aliphatic heterocycles. The summed E-state index contributed by atoms with van der Waals surface area (Å²) >= 11 is 0. The van der Waals surface area contributed by atoms with Gasteiger partial charge in [0.15, 0.2) is 0 Å². The van der Waals surface area contributed by atoms with E-state index >= 15 is 0 Å². The summed E-state index contributed by atoms with van der Waals surface area (Å²) in [6, 6.07) is 5.93. The Labute approximate surface area is 180 Å². The van der Waals surface area contributed by atoms with Crippen LogP contribution in [0.4, 0.5) is 4.39 Å². The molecule has 4 rings (SSSR count). The number of aromatic amines is 1. The van der Waals surface area contributed by atoms with Crippen LogP contribution in [-0.2, 0) is 16.4 Å². The molecule has 0 aliphatic carbocycles. The van der Waals surface area contributed by atoms with Crippen LogP contribution >= 0.6 is 0 Å². The van der Waals surface area contributed by atoms with Crippen LogP contribution in [0.15, 0.2) is 23.2 Å². The van der Waals surface area contributed by atoms with Gasteiger partial charge in [0.1, 0.15) is 23.2 Å². The molecule has 1 saturated heterocycles. The molecular weight excluding hydrogens is 423 g/mol. The van der Waals surface area contributed by atoms with E-state index in [2.05, 4.69) is 15.8 Å². The van der Waals surface area contributed by atoms with Crippen LogP contribution in [0.25, 0.3) is 0 Å². The van der Waals surface area contributed by atoms with Gasteiger partial charge in [0.2, 0.25) is 0 Å². The largest absolute Gasteiger partial charge is 0.492 e. The van der Waals surface area contributed by atoms with Crippen LogP contribution < -0.4 is 9.46 Å². The molecule has 0 radical (unpaired) electrons. The van der Waals surface area contributed by atoms with Gasteiger partial charge in [-0.25, -0.2) is 17.5 Å². The highest BCUT2D eigenvalue weighted by Crippen LogP contribution is 2.31. The van der Waals surface area contributed by atoms with Crippen molar-refractivity contribution in [3.05, 3.63) is 46.4 Å².